The maximum atomic E-state index is 2.38. The van der Waals surface area contributed by atoms with Crippen LogP contribution in [0.1, 0.15) is 85.5 Å². The van der Waals surface area contributed by atoms with Crippen LogP contribution in [0.5, 0.6) is 0 Å². The summed E-state index contributed by atoms with van der Waals surface area (Å²) >= 11 is 0. The number of hydrogen-bond acceptors (Lipinski definition) is 0. The van der Waals surface area contributed by atoms with E-state index in [1.54, 1.807) is 5.92 Å². The molecule has 0 amide bonds. The van der Waals surface area contributed by atoms with Crippen LogP contribution in [0.15, 0.2) is 0 Å². The molecule has 0 aromatic heterocycles. The van der Waals surface area contributed by atoms with Crippen LogP contribution in [0.25, 0.3) is 0 Å². The largest absolute Gasteiger partial charge is 0.0654 e. The van der Waals surface area contributed by atoms with Crippen molar-refractivity contribution in [3.05, 3.63) is 5.92 Å². The van der Waals surface area contributed by atoms with Crippen molar-refractivity contribution < 1.29 is 0 Å². The zero-order valence-corrected chi connectivity index (χ0v) is 11.4. The van der Waals surface area contributed by atoms with Gasteiger partial charge in [0.15, 0.2) is 0 Å². The summed E-state index contributed by atoms with van der Waals surface area (Å²) in [5, 5.41) is 0. The average molecular weight is 211 g/mol. The molecule has 1 atom stereocenters. The maximum Gasteiger partial charge on any atom is -0.0246 e. The quantitative estimate of drug-likeness (QED) is 0.402. The monoisotopic (exact) mass is 211 g/mol. The minimum absolute atomic E-state index is 0.852. The van der Waals surface area contributed by atoms with Gasteiger partial charge in [-0.25, -0.2) is 0 Å². The lowest BCUT2D eigenvalue weighted by molar-refractivity contribution is 0.480. The second-order valence-corrected chi connectivity index (χ2v) is 5.01. The van der Waals surface area contributed by atoms with Gasteiger partial charge in [0.05, 0.1) is 0 Å². The zero-order chi connectivity index (χ0) is 11.5. The van der Waals surface area contributed by atoms with Crippen molar-refractivity contribution in [2.24, 2.45) is 5.92 Å². The lowest BCUT2D eigenvalue weighted by atomic mass is 9.89. The van der Waals surface area contributed by atoms with E-state index in [0.717, 1.165) is 5.92 Å². The van der Waals surface area contributed by atoms with E-state index >= 15 is 0 Å². The molecule has 0 aromatic rings. The second kappa shape index (κ2) is 10.5. The van der Waals surface area contributed by atoms with Crippen LogP contribution in [0.2, 0.25) is 0 Å². The molecular weight excluding hydrogens is 180 g/mol. The van der Waals surface area contributed by atoms with E-state index in [-0.39, 0.29) is 0 Å². The Morgan fingerprint density at radius 2 is 1.40 bits per heavy atom. The van der Waals surface area contributed by atoms with E-state index < -0.39 is 0 Å². The summed E-state index contributed by atoms with van der Waals surface area (Å²) in [7, 11) is 0. The highest BCUT2D eigenvalue weighted by Crippen LogP contribution is 2.23. The molecule has 15 heavy (non-hydrogen) atoms. The lowest BCUT2D eigenvalue weighted by Gasteiger charge is -2.17. The third-order valence-corrected chi connectivity index (χ3v) is 3.64. The first-order chi connectivity index (χ1) is 7.22. The molecule has 0 nitrogen and oxygen atoms in total. The van der Waals surface area contributed by atoms with Crippen molar-refractivity contribution >= 4 is 0 Å². The number of hydrogen-bond donors (Lipinski definition) is 0. The highest BCUT2D eigenvalue weighted by molar-refractivity contribution is 4.87. The van der Waals surface area contributed by atoms with E-state index in [2.05, 4.69) is 27.7 Å². The van der Waals surface area contributed by atoms with E-state index in [1.165, 1.54) is 57.8 Å². The molecule has 91 valence electrons. The smallest absolute Gasteiger partial charge is 0.0246 e. The summed E-state index contributed by atoms with van der Waals surface area (Å²) in [6, 6.07) is 0. The first-order valence-electron chi connectivity index (χ1n) is 7.04. The van der Waals surface area contributed by atoms with Gasteiger partial charge in [-0.05, 0) is 18.3 Å². The van der Waals surface area contributed by atoms with Crippen LogP contribution < -0.4 is 0 Å². The minimum Gasteiger partial charge on any atom is -0.0654 e. The zero-order valence-electron chi connectivity index (χ0n) is 11.4. The summed E-state index contributed by atoms with van der Waals surface area (Å²) < 4.78 is 0. The molecular formula is C15H31. The SMILES string of the molecule is CCCCCCCCCC(C)[C](C)CC. The van der Waals surface area contributed by atoms with Gasteiger partial charge in [0, 0.05) is 0 Å². The summed E-state index contributed by atoms with van der Waals surface area (Å²) in [5.41, 5.74) is 0. The molecule has 1 unspecified atom stereocenters. The third-order valence-electron chi connectivity index (χ3n) is 3.64. The van der Waals surface area contributed by atoms with Gasteiger partial charge >= 0.3 is 0 Å². The Labute approximate surface area is 97.8 Å². The van der Waals surface area contributed by atoms with Gasteiger partial charge in [-0.2, -0.15) is 0 Å². The molecule has 0 rings (SSSR count). The third kappa shape index (κ3) is 8.96. The fourth-order valence-corrected chi connectivity index (χ4v) is 2.00. The normalized spacial score (nSPS) is 13.4. The van der Waals surface area contributed by atoms with Crippen LogP contribution in [-0.4, -0.2) is 0 Å². The van der Waals surface area contributed by atoms with Gasteiger partial charge in [-0.15, -0.1) is 0 Å². The molecule has 0 N–H and O–H groups in total. The van der Waals surface area contributed by atoms with Crippen LogP contribution in [0.4, 0.5) is 0 Å². The molecule has 0 aromatic carbocycles. The average Bonchev–Trinajstić information content (AvgIpc) is 2.26. The Balaban J connectivity index is 3.16. The van der Waals surface area contributed by atoms with Crippen molar-refractivity contribution in [1.29, 1.82) is 0 Å². The van der Waals surface area contributed by atoms with Crippen LogP contribution >= 0.6 is 0 Å². The minimum atomic E-state index is 0.852. The van der Waals surface area contributed by atoms with Crippen molar-refractivity contribution in [3.63, 3.8) is 0 Å². The van der Waals surface area contributed by atoms with Crippen molar-refractivity contribution in [1.82, 2.24) is 0 Å². The lowest BCUT2D eigenvalue weighted by Crippen LogP contribution is -2.04. The Morgan fingerprint density at radius 1 is 0.867 bits per heavy atom. The topological polar surface area (TPSA) is 0 Å². The van der Waals surface area contributed by atoms with E-state index in [9.17, 15) is 0 Å². The second-order valence-electron chi connectivity index (χ2n) is 5.01. The first-order valence-corrected chi connectivity index (χ1v) is 7.04. The number of unbranched alkanes of at least 4 members (excludes halogenated alkanes) is 6. The Hall–Kier alpha value is 0. The predicted octanol–water partition coefficient (Wildman–Crippen LogP) is 5.77. The van der Waals surface area contributed by atoms with E-state index in [0.29, 0.717) is 0 Å². The van der Waals surface area contributed by atoms with E-state index in [1.807, 2.05) is 0 Å². The van der Waals surface area contributed by atoms with Gasteiger partial charge < -0.3 is 0 Å². The highest BCUT2D eigenvalue weighted by atomic mass is 14.1. The van der Waals surface area contributed by atoms with Crippen molar-refractivity contribution in [2.75, 3.05) is 0 Å². The molecule has 0 saturated carbocycles. The molecule has 0 spiro atoms. The standard InChI is InChI=1S/C15H31/c1-5-7-8-9-10-11-12-13-15(4)14(3)6-2/h15H,5-13H2,1-4H3. The van der Waals surface area contributed by atoms with Gasteiger partial charge in [0.2, 0.25) is 0 Å². The fourth-order valence-electron chi connectivity index (χ4n) is 2.00. The summed E-state index contributed by atoms with van der Waals surface area (Å²) in [5.74, 6) is 2.53. The van der Waals surface area contributed by atoms with Gasteiger partial charge in [-0.3, -0.25) is 0 Å². The molecule has 0 bridgehead atoms. The van der Waals surface area contributed by atoms with Gasteiger partial charge in [-0.1, -0.05) is 79.1 Å². The van der Waals surface area contributed by atoms with E-state index in [4.69, 9.17) is 0 Å². The van der Waals surface area contributed by atoms with Crippen LogP contribution in [-0.2, 0) is 0 Å². The van der Waals surface area contributed by atoms with Crippen LogP contribution in [0, 0.1) is 11.8 Å². The van der Waals surface area contributed by atoms with Crippen LogP contribution in [0.3, 0.4) is 0 Å². The Bertz CT molecular complexity index is 117. The first kappa shape index (κ1) is 15.0. The predicted molar refractivity (Wildman–Crippen MR) is 71.0 cm³/mol. The molecule has 0 heteroatoms. The summed E-state index contributed by atoms with van der Waals surface area (Å²) in [6.07, 6.45) is 12.7. The molecule has 0 aliphatic carbocycles. The molecule has 0 heterocycles. The van der Waals surface area contributed by atoms with Gasteiger partial charge in [0.25, 0.3) is 0 Å². The summed E-state index contributed by atoms with van der Waals surface area (Å²) in [6.45, 7) is 9.25. The molecule has 0 aliphatic rings. The van der Waals surface area contributed by atoms with Crippen molar-refractivity contribution in [3.8, 4) is 0 Å². The molecule has 0 fully saturated rings. The van der Waals surface area contributed by atoms with Crippen molar-refractivity contribution in [2.45, 2.75) is 85.5 Å². The molecule has 0 aliphatic heterocycles. The molecule has 0 saturated heterocycles. The Morgan fingerprint density at radius 3 is 1.93 bits per heavy atom. The fraction of sp³-hybridized carbons (Fsp3) is 0.933. The van der Waals surface area contributed by atoms with Gasteiger partial charge in [0.1, 0.15) is 0 Å². The maximum absolute atomic E-state index is 2.38. The summed E-state index contributed by atoms with van der Waals surface area (Å²) in [4.78, 5) is 0. The molecule has 1 radical (unpaired) electrons. The highest BCUT2D eigenvalue weighted by Gasteiger charge is 2.09. The Kier molecular flexibility index (Phi) is 10.5. The number of rotatable bonds is 10.